The smallest absolute Gasteiger partial charge is 0.0746 e. The monoisotopic (exact) mass is 206 g/mol. The molecule has 0 amide bonds. The van der Waals surface area contributed by atoms with E-state index in [4.69, 9.17) is 0 Å². The zero-order valence-corrected chi connectivity index (χ0v) is 8.50. The fourth-order valence-electron chi connectivity index (χ4n) is 1.37. The van der Waals surface area contributed by atoms with Crippen LogP contribution in [0, 0.1) is 0 Å². The lowest BCUT2D eigenvalue weighted by molar-refractivity contribution is 0.971. The first-order chi connectivity index (χ1) is 6.42. The van der Waals surface area contributed by atoms with Gasteiger partial charge in [0.05, 0.1) is 11.9 Å². The molecular weight excluding hydrogens is 196 g/mol. The van der Waals surface area contributed by atoms with E-state index in [0.29, 0.717) is 0 Å². The van der Waals surface area contributed by atoms with Gasteiger partial charge in [-0.2, -0.15) is 10.2 Å². The topological polar surface area (TPSA) is 25.8 Å². The summed E-state index contributed by atoms with van der Waals surface area (Å²) < 4.78 is 0. The number of hydrogen-bond acceptors (Lipinski definition) is 2. The molecule has 2 nitrogen and oxygen atoms in total. The van der Waals surface area contributed by atoms with Crippen molar-refractivity contribution in [1.29, 1.82) is 0 Å². The average molecular weight is 207 g/mol. The molecule has 0 fully saturated rings. The zero-order chi connectivity index (χ0) is 9.10. The molecule has 0 spiro atoms. The summed E-state index contributed by atoms with van der Waals surface area (Å²) >= 11 is 0. The maximum atomic E-state index is 4.08. The number of rotatable bonds is 2. The van der Waals surface area contributed by atoms with Gasteiger partial charge in [0.15, 0.2) is 0 Å². The molecule has 0 bridgehead atoms. The van der Waals surface area contributed by atoms with Crippen LogP contribution in [0.4, 0.5) is 0 Å². The van der Waals surface area contributed by atoms with Crippen LogP contribution >= 0.6 is 12.4 Å². The highest BCUT2D eigenvalue weighted by Crippen LogP contribution is 2.15. The van der Waals surface area contributed by atoms with Gasteiger partial charge in [-0.1, -0.05) is 30.3 Å². The van der Waals surface area contributed by atoms with Gasteiger partial charge in [-0.05, 0) is 0 Å². The predicted octanol–water partition coefficient (Wildman–Crippen LogP) is 2.78. The van der Waals surface area contributed by atoms with Crippen LogP contribution in [0.15, 0.2) is 43.1 Å². The van der Waals surface area contributed by atoms with E-state index >= 15 is 0 Å². The number of benzene rings is 1. The molecule has 0 saturated carbocycles. The fourth-order valence-corrected chi connectivity index (χ4v) is 1.37. The molecule has 3 heteroatoms. The van der Waals surface area contributed by atoms with Gasteiger partial charge in [0, 0.05) is 17.2 Å². The van der Waals surface area contributed by atoms with E-state index in [1.807, 2.05) is 24.3 Å². The van der Waals surface area contributed by atoms with Crippen molar-refractivity contribution in [2.24, 2.45) is 0 Å². The van der Waals surface area contributed by atoms with Crippen molar-refractivity contribution in [2.45, 2.75) is 6.42 Å². The molecule has 0 aliphatic rings. The lowest BCUT2D eigenvalue weighted by atomic mass is 10.1. The Morgan fingerprint density at radius 3 is 2.86 bits per heavy atom. The van der Waals surface area contributed by atoms with Crippen LogP contribution in [0.2, 0.25) is 0 Å². The molecule has 14 heavy (non-hydrogen) atoms. The van der Waals surface area contributed by atoms with Crippen LogP contribution in [0.25, 0.3) is 10.8 Å². The molecule has 1 aromatic heterocycles. The molecule has 0 unspecified atom stereocenters. The number of aromatic nitrogens is 2. The number of halogens is 1. The third-order valence-electron chi connectivity index (χ3n) is 1.98. The molecule has 1 heterocycles. The van der Waals surface area contributed by atoms with Crippen molar-refractivity contribution in [3.05, 3.63) is 48.8 Å². The van der Waals surface area contributed by atoms with Gasteiger partial charge in [-0.15, -0.1) is 19.0 Å². The lowest BCUT2D eigenvalue weighted by Gasteiger charge is -2.00. The van der Waals surface area contributed by atoms with Crippen LogP contribution in [-0.2, 0) is 6.42 Å². The summed E-state index contributed by atoms with van der Waals surface area (Å²) in [6, 6.07) is 8.11. The van der Waals surface area contributed by atoms with Gasteiger partial charge >= 0.3 is 0 Å². The van der Waals surface area contributed by atoms with E-state index in [1.54, 1.807) is 6.20 Å². The largest absolute Gasteiger partial charge is 0.158 e. The fraction of sp³-hybridized carbons (Fsp3) is 0.0909. The van der Waals surface area contributed by atoms with E-state index in [-0.39, 0.29) is 12.4 Å². The molecule has 0 radical (unpaired) electrons. The number of allylic oxidation sites excluding steroid dienone is 1. The first-order valence-corrected chi connectivity index (χ1v) is 4.22. The molecule has 0 N–H and O–H groups in total. The summed E-state index contributed by atoms with van der Waals surface area (Å²) in [6.45, 7) is 3.69. The zero-order valence-electron chi connectivity index (χ0n) is 7.68. The predicted molar refractivity (Wildman–Crippen MR) is 60.7 cm³/mol. The van der Waals surface area contributed by atoms with E-state index in [9.17, 15) is 0 Å². The quantitative estimate of drug-likeness (QED) is 0.707. The minimum absolute atomic E-state index is 0. The molecule has 72 valence electrons. The van der Waals surface area contributed by atoms with Gasteiger partial charge < -0.3 is 0 Å². The molecule has 0 aliphatic carbocycles. The van der Waals surface area contributed by atoms with Crippen molar-refractivity contribution in [3.8, 4) is 0 Å². The van der Waals surface area contributed by atoms with Gasteiger partial charge in [-0.25, -0.2) is 0 Å². The SMILES string of the molecule is C=CCc1nncc2ccccc12.Cl. The summed E-state index contributed by atoms with van der Waals surface area (Å²) in [7, 11) is 0. The van der Waals surface area contributed by atoms with Crippen molar-refractivity contribution >= 4 is 23.2 Å². The Bertz CT molecular complexity index is 435. The van der Waals surface area contributed by atoms with Crippen molar-refractivity contribution in [2.75, 3.05) is 0 Å². The van der Waals surface area contributed by atoms with Crippen LogP contribution in [0.5, 0.6) is 0 Å². The van der Waals surface area contributed by atoms with E-state index in [2.05, 4.69) is 22.8 Å². The first-order valence-electron chi connectivity index (χ1n) is 4.22. The maximum Gasteiger partial charge on any atom is 0.0746 e. The Hall–Kier alpha value is -1.41. The maximum absolute atomic E-state index is 4.08. The van der Waals surface area contributed by atoms with Crippen LogP contribution in [0.1, 0.15) is 5.69 Å². The second-order valence-corrected chi connectivity index (χ2v) is 2.87. The highest BCUT2D eigenvalue weighted by atomic mass is 35.5. The molecule has 2 rings (SSSR count). The third-order valence-corrected chi connectivity index (χ3v) is 1.98. The van der Waals surface area contributed by atoms with E-state index in [1.165, 1.54) is 0 Å². The van der Waals surface area contributed by atoms with Crippen LogP contribution in [-0.4, -0.2) is 10.2 Å². The standard InChI is InChI=1S/C11H10N2.ClH/c1-2-5-11-10-7-4-3-6-9(10)8-12-13-11;/h2-4,6-8H,1,5H2;1H. The average Bonchev–Trinajstić information content (AvgIpc) is 2.19. The molecule has 0 atom stereocenters. The summed E-state index contributed by atoms with van der Waals surface area (Å²) in [5, 5.41) is 10.3. The molecule has 2 aromatic rings. The van der Waals surface area contributed by atoms with Crippen molar-refractivity contribution in [1.82, 2.24) is 10.2 Å². The second kappa shape index (κ2) is 4.72. The molecular formula is C11H11ClN2. The van der Waals surface area contributed by atoms with Crippen molar-refractivity contribution in [3.63, 3.8) is 0 Å². The Kier molecular flexibility index (Phi) is 3.60. The second-order valence-electron chi connectivity index (χ2n) is 2.87. The Morgan fingerprint density at radius 1 is 1.29 bits per heavy atom. The summed E-state index contributed by atoms with van der Waals surface area (Å²) in [5.41, 5.74) is 0.994. The molecule has 0 saturated heterocycles. The van der Waals surface area contributed by atoms with Gasteiger partial charge in [0.25, 0.3) is 0 Å². The number of fused-ring (bicyclic) bond motifs is 1. The minimum atomic E-state index is 0. The van der Waals surface area contributed by atoms with Crippen molar-refractivity contribution < 1.29 is 0 Å². The highest BCUT2D eigenvalue weighted by Gasteiger charge is 1.99. The number of hydrogen-bond donors (Lipinski definition) is 0. The van der Waals surface area contributed by atoms with Gasteiger partial charge in [0.1, 0.15) is 0 Å². The van der Waals surface area contributed by atoms with E-state index in [0.717, 1.165) is 22.9 Å². The Morgan fingerprint density at radius 2 is 2.07 bits per heavy atom. The normalized spacial score (nSPS) is 9.43. The third kappa shape index (κ3) is 1.91. The summed E-state index contributed by atoms with van der Waals surface area (Å²) in [4.78, 5) is 0. The highest BCUT2D eigenvalue weighted by molar-refractivity contribution is 5.85. The number of nitrogens with zero attached hydrogens (tertiary/aromatic N) is 2. The lowest BCUT2D eigenvalue weighted by Crippen LogP contribution is -1.91. The van der Waals surface area contributed by atoms with Crippen LogP contribution < -0.4 is 0 Å². The minimum Gasteiger partial charge on any atom is -0.158 e. The van der Waals surface area contributed by atoms with Crippen LogP contribution in [0.3, 0.4) is 0 Å². The van der Waals surface area contributed by atoms with Gasteiger partial charge in [-0.3, -0.25) is 0 Å². The molecule has 1 aromatic carbocycles. The van der Waals surface area contributed by atoms with E-state index < -0.39 is 0 Å². The Labute approximate surface area is 89.1 Å². The Balaban J connectivity index is 0.000000980. The summed E-state index contributed by atoms with van der Waals surface area (Å²) in [5.74, 6) is 0. The first kappa shape index (κ1) is 10.7. The summed E-state index contributed by atoms with van der Waals surface area (Å²) in [6.07, 6.45) is 4.40. The van der Waals surface area contributed by atoms with Gasteiger partial charge in [0.2, 0.25) is 0 Å². The molecule has 0 aliphatic heterocycles.